The molecule has 0 aromatic heterocycles. The van der Waals surface area contributed by atoms with Gasteiger partial charge in [0, 0.05) is 11.1 Å². The molecule has 0 aliphatic carbocycles. The van der Waals surface area contributed by atoms with Crippen LogP contribution >= 0.6 is 8.81 Å². The number of carbonyl (C=O) groups is 1. The molecular formula is C22H27O8P. The van der Waals surface area contributed by atoms with E-state index in [0.29, 0.717) is 36.3 Å². The first-order valence-electron chi connectivity index (χ1n) is 9.49. The smallest absolute Gasteiger partial charge is 0.342 e. The Morgan fingerprint density at radius 1 is 1.26 bits per heavy atom. The second kappa shape index (κ2) is 12.3. The largest absolute Gasteiger partial charge is 0.507 e. The van der Waals surface area contributed by atoms with Crippen LogP contribution in [0.15, 0.2) is 42.0 Å². The number of esters is 1. The normalized spacial score (nSPS) is 12.9. The van der Waals surface area contributed by atoms with Gasteiger partial charge in [0.15, 0.2) is 0 Å². The number of carbonyl (C=O) groups excluding carboxylic acids is 1. The zero-order valence-electron chi connectivity index (χ0n) is 17.7. The second-order valence-electron chi connectivity index (χ2n) is 6.72. The lowest BCUT2D eigenvalue weighted by molar-refractivity contribution is -0.176. The van der Waals surface area contributed by atoms with Crippen LogP contribution in [0.25, 0.3) is 0 Å². The average molecular weight is 450 g/mol. The highest BCUT2D eigenvalue weighted by atomic mass is 31.1. The van der Waals surface area contributed by atoms with Crippen molar-refractivity contribution in [1.82, 2.24) is 0 Å². The highest BCUT2D eigenvalue weighted by molar-refractivity contribution is 7.32. The maximum absolute atomic E-state index is 12.0. The summed E-state index contributed by atoms with van der Waals surface area (Å²) in [7, 11) is 1.78. The third-order valence-electron chi connectivity index (χ3n) is 4.73. The summed E-state index contributed by atoms with van der Waals surface area (Å²) >= 11 is 0. The zero-order valence-corrected chi connectivity index (χ0v) is 18.7. The summed E-state index contributed by atoms with van der Waals surface area (Å²) in [4.78, 5) is 12.0. The molecule has 0 radical (unpaired) electrons. The molecule has 0 amide bonds. The summed E-state index contributed by atoms with van der Waals surface area (Å²) in [6.45, 7) is 4.45. The maximum Gasteiger partial charge on any atom is 0.342 e. The number of phenolic OH excluding ortho intramolecular Hbond substituents is 1. The van der Waals surface area contributed by atoms with Gasteiger partial charge in [-0.15, -0.1) is 0 Å². The van der Waals surface area contributed by atoms with Gasteiger partial charge in [0.25, 0.3) is 0 Å². The summed E-state index contributed by atoms with van der Waals surface area (Å²) in [5.74, 6) is 0.859. The molecule has 0 saturated heterocycles. The van der Waals surface area contributed by atoms with Gasteiger partial charge in [0.2, 0.25) is 0 Å². The number of rotatable bonds is 9. The van der Waals surface area contributed by atoms with Gasteiger partial charge in [0.1, 0.15) is 29.4 Å². The van der Waals surface area contributed by atoms with Crippen molar-refractivity contribution in [3.8, 4) is 17.2 Å². The molecule has 0 bridgehead atoms. The minimum Gasteiger partial charge on any atom is -0.507 e. The van der Waals surface area contributed by atoms with E-state index < -0.39 is 5.97 Å². The summed E-state index contributed by atoms with van der Waals surface area (Å²) < 4.78 is 21.9. The second-order valence-corrected chi connectivity index (χ2v) is 7.50. The van der Waals surface area contributed by atoms with Crippen LogP contribution in [0.2, 0.25) is 0 Å². The van der Waals surface area contributed by atoms with Gasteiger partial charge < -0.3 is 23.8 Å². The Balaban J connectivity index is 0.00000166. The van der Waals surface area contributed by atoms with Crippen LogP contribution in [-0.4, -0.2) is 41.7 Å². The molecule has 1 atom stereocenters. The molecule has 1 aliphatic heterocycles. The fourth-order valence-electron chi connectivity index (χ4n) is 3.22. The monoisotopic (exact) mass is 450 g/mol. The SMILES string of the molecule is COc1c(C)c2c(c(O)c1C/C=C(\C)COCPOc1ccccc1)C(=O)OC2.OO. The number of hydrogen-bond donors (Lipinski definition) is 3. The molecule has 0 saturated carbocycles. The highest BCUT2D eigenvalue weighted by Gasteiger charge is 2.31. The zero-order chi connectivity index (χ0) is 22.8. The van der Waals surface area contributed by atoms with E-state index >= 15 is 0 Å². The van der Waals surface area contributed by atoms with Gasteiger partial charge in [-0.3, -0.25) is 10.5 Å². The van der Waals surface area contributed by atoms with Crippen molar-refractivity contribution in [3.05, 3.63) is 64.2 Å². The molecular weight excluding hydrogens is 423 g/mol. The van der Waals surface area contributed by atoms with E-state index in [0.717, 1.165) is 16.9 Å². The molecule has 1 aliphatic rings. The van der Waals surface area contributed by atoms with E-state index in [9.17, 15) is 9.90 Å². The number of hydrogen-bond acceptors (Lipinski definition) is 8. The van der Waals surface area contributed by atoms with Crippen LogP contribution in [0.5, 0.6) is 17.2 Å². The molecule has 2 aromatic rings. The quantitative estimate of drug-likeness (QED) is 0.127. The molecule has 168 valence electrons. The molecule has 9 heteroatoms. The van der Waals surface area contributed by atoms with Gasteiger partial charge in [-0.2, -0.15) is 0 Å². The van der Waals surface area contributed by atoms with Crippen molar-refractivity contribution < 1.29 is 39.1 Å². The molecule has 1 unspecified atom stereocenters. The first-order valence-corrected chi connectivity index (χ1v) is 10.6. The van der Waals surface area contributed by atoms with Crippen LogP contribution in [0.4, 0.5) is 0 Å². The Kier molecular flexibility index (Phi) is 9.75. The van der Waals surface area contributed by atoms with Crippen molar-refractivity contribution >= 4 is 14.8 Å². The summed E-state index contributed by atoms with van der Waals surface area (Å²) in [5.41, 5.74) is 3.35. The van der Waals surface area contributed by atoms with Gasteiger partial charge in [0.05, 0.1) is 28.9 Å². The van der Waals surface area contributed by atoms with Crippen molar-refractivity contribution in [2.75, 3.05) is 20.1 Å². The minimum absolute atomic E-state index is 0.0624. The maximum atomic E-state index is 12.0. The number of fused-ring (bicyclic) bond motifs is 1. The van der Waals surface area contributed by atoms with E-state index in [4.69, 9.17) is 29.2 Å². The number of phenols is 1. The van der Waals surface area contributed by atoms with Crippen LogP contribution in [0.1, 0.15) is 34.0 Å². The predicted octanol–water partition coefficient (Wildman–Crippen LogP) is 4.53. The number of allylic oxidation sites excluding steroid dienone is 1. The summed E-state index contributed by atoms with van der Waals surface area (Å²) in [6.07, 6.45) is 2.89. The molecule has 2 aromatic carbocycles. The van der Waals surface area contributed by atoms with Crippen molar-refractivity contribution in [2.45, 2.75) is 26.9 Å². The first-order chi connectivity index (χ1) is 15.0. The van der Waals surface area contributed by atoms with E-state index in [2.05, 4.69) is 0 Å². The topological polar surface area (TPSA) is 115 Å². The fourth-order valence-corrected chi connectivity index (χ4v) is 3.77. The number of methoxy groups -OCH3 is 1. The number of cyclic esters (lactones) is 1. The highest BCUT2D eigenvalue weighted by Crippen LogP contribution is 2.42. The third kappa shape index (κ3) is 6.18. The van der Waals surface area contributed by atoms with Crippen LogP contribution in [0, 0.1) is 6.92 Å². The number of benzene rings is 2. The molecule has 0 spiro atoms. The van der Waals surface area contributed by atoms with Crippen molar-refractivity contribution in [3.63, 3.8) is 0 Å². The number of para-hydroxylation sites is 1. The Morgan fingerprint density at radius 3 is 2.65 bits per heavy atom. The molecule has 31 heavy (non-hydrogen) atoms. The van der Waals surface area contributed by atoms with E-state index in [-0.39, 0.29) is 26.7 Å². The minimum atomic E-state index is -0.493. The van der Waals surface area contributed by atoms with Crippen molar-refractivity contribution in [2.24, 2.45) is 0 Å². The first kappa shape index (κ1) is 24.6. The Labute approximate surface area is 182 Å². The average Bonchev–Trinajstić information content (AvgIpc) is 3.19. The fraction of sp³-hybridized carbons (Fsp3) is 0.318. The number of aromatic hydroxyl groups is 1. The van der Waals surface area contributed by atoms with Gasteiger partial charge in [-0.25, -0.2) is 4.79 Å². The molecule has 8 nitrogen and oxygen atoms in total. The third-order valence-corrected chi connectivity index (χ3v) is 5.43. The molecule has 3 N–H and O–H groups in total. The Bertz CT molecular complexity index is 912. The predicted molar refractivity (Wildman–Crippen MR) is 117 cm³/mol. The summed E-state index contributed by atoms with van der Waals surface area (Å²) in [6, 6.07) is 9.62. The van der Waals surface area contributed by atoms with Gasteiger partial charge >= 0.3 is 5.97 Å². The summed E-state index contributed by atoms with van der Waals surface area (Å²) in [5, 5.41) is 22.6. The lowest BCUT2D eigenvalue weighted by atomic mass is 9.95. The molecule has 1 heterocycles. The molecule has 3 rings (SSSR count). The Hall–Kier alpha value is -2.64. The van der Waals surface area contributed by atoms with E-state index in [1.165, 1.54) is 0 Å². The van der Waals surface area contributed by atoms with Crippen LogP contribution in [-0.2, 0) is 22.5 Å². The number of ether oxygens (including phenoxy) is 3. The van der Waals surface area contributed by atoms with Gasteiger partial charge in [-0.05, 0) is 38.0 Å². The molecule has 0 fully saturated rings. The van der Waals surface area contributed by atoms with Crippen LogP contribution < -0.4 is 9.26 Å². The Morgan fingerprint density at radius 2 is 1.97 bits per heavy atom. The van der Waals surface area contributed by atoms with Gasteiger partial charge in [-0.1, -0.05) is 29.8 Å². The van der Waals surface area contributed by atoms with E-state index in [1.54, 1.807) is 7.11 Å². The lowest BCUT2D eigenvalue weighted by Crippen LogP contribution is -2.03. The lowest BCUT2D eigenvalue weighted by Gasteiger charge is -2.15. The standard InChI is InChI=1S/C22H25O6P.H2O2/c1-14(11-26-13-29-28-16-7-5-4-6-8-16)9-10-17-20(23)19-18(12-27-22(19)24)15(2)21(17)25-3;1-2/h4-9,23,29H,10-13H2,1-3H3;1-2H/b14-9+;. The van der Waals surface area contributed by atoms with Crippen molar-refractivity contribution in [1.29, 1.82) is 0 Å². The van der Waals surface area contributed by atoms with Crippen LogP contribution in [0.3, 0.4) is 0 Å². The van der Waals surface area contributed by atoms with E-state index in [1.807, 2.05) is 50.3 Å².